The van der Waals surface area contributed by atoms with Crippen LogP contribution in [0.1, 0.15) is 83.5 Å². The number of carbonyl (C=O) groups excluding carboxylic acids is 3. The fourth-order valence-corrected chi connectivity index (χ4v) is 7.54. The van der Waals surface area contributed by atoms with E-state index >= 15 is 0 Å². The van der Waals surface area contributed by atoms with E-state index in [4.69, 9.17) is 4.74 Å². The number of likely N-dealkylation sites (tertiary alicyclic amines) is 2. The molecule has 56 heavy (non-hydrogen) atoms. The number of aromatic amines is 2. The summed E-state index contributed by atoms with van der Waals surface area (Å²) in [5.41, 5.74) is 5.69. The summed E-state index contributed by atoms with van der Waals surface area (Å²) in [7, 11) is 0. The number of hydrogen-bond acceptors (Lipinski definition) is 7. The topological polar surface area (TPSA) is 186 Å². The Morgan fingerprint density at radius 1 is 0.768 bits per heavy atom. The zero-order valence-corrected chi connectivity index (χ0v) is 32.5. The van der Waals surface area contributed by atoms with E-state index in [0.717, 1.165) is 59.3 Å². The van der Waals surface area contributed by atoms with Crippen molar-refractivity contribution in [2.45, 2.75) is 84.0 Å². The minimum Gasteiger partial charge on any atom is -0.465 e. The largest absolute Gasteiger partial charge is 0.465 e. The summed E-state index contributed by atoms with van der Waals surface area (Å²) in [6.07, 6.45) is 7.12. The van der Waals surface area contributed by atoms with Crippen LogP contribution in [0.2, 0.25) is 0 Å². The normalized spacial score (nSPS) is 17.9. The van der Waals surface area contributed by atoms with Crippen molar-refractivity contribution >= 4 is 24.0 Å². The molecule has 2 fully saturated rings. The molecular formula is C42H52N8O6. The first-order valence-electron chi connectivity index (χ1n) is 19.4. The smallest absolute Gasteiger partial charge is 0.407 e. The van der Waals surface area contributed by atoms with Gasteiger partial charge in [-0.25, -0.2) is 19.6 Å². The fraction of sp³-hybridized carbons (Fsp3) is 0.429. The Balaban J connectivity index is 1.09. The van der Waals surface area contributed by atoms with Crippen molar-refractivity contribution in [2.24, 2.45) is 11.8 Å². The number of nitrogens with zero attached hydrogens (tertiary/aromatic N) is 4. The molecule has 0 aliphatic carbocycles. The van der Waals surface area contributed by atoms with Crippen LogP contribution in [0.15, 0.2) is 73.6 Å². The predicted molar refractivity (Wildman–Crippen MR) is 212 cm³/mol. The molecule has 6 rings (SSSR count). The number of carbonyl (C=O) groups is 4. The SMILES string of the molecule is C=CCCOC(=O)N[C@H](C(=O)N1CCCC1c1ncc(-c2ccc(-c3ccc(-c4cnc([C@@H]5CCCN5C(=O)[C@@H](NC(=O)O)C(C)C)[nH]4)cc3)cc2)[nH]1)C(C)C. The number of alkyl carbamates (subject to hydrolysis) is 1. The second-order valence-electron chi connectivity index (χ2n) is 15.1. The molecule has 296 valence electrons. The number of imidazole rings is 2. The summed E-state index contributed by atoms with van der Waals surface area (Å²) in [5, 5.41) is 14.4. The van der Waals surface area contributed by atoms with Crippen LogP contribution in [-0.4, -0.2) is 90.6 Å². The highest BCUT2D eigenvalue weighted by atomic mass is 16.5. The van der Waals surface area contributed by atoms with Crippen LogP contribution >= 0.6 is 0 Å². The van der Waals surface area contributed by atoms with E-state index in [0.29, 0.717) is 31.2 Å². The molecule has 0 bridgehead atoms. The zero-order chi connectivity index (χ0) is 39.9. The van der Waals surface area contributed by atoms with E-state index in [2.05, 4.69) is 61.4 Å². The van der Waals surface area contributed by atoms with Crippen LogP contribution in [0.3, 0.4) is 0 Å². The maximum Gasteiger partial charge on any atom is 0.407 e. The molecule has 2 aliphatic rings. The number of aromatic nitrogens is 4. The van der Waals surface area contributed by atoms with Crippen molar-refractivity contribution in [3.63, 3.8) is 0 Å². The van der Waals surface area contributed by atoms with Gasteiger partial charge in [-0.1, -0.05) is 82.3 Å². The Labute approximate surface area is 327 Å². The molecule has 2 saturated heterocycles. The van der Waals surface area contributed by atoms with Gasteiger partial charge in [-0.05, 0) is 66.2 Å². The van der Waals surface area contributed by atoms with Crippen LogP contribution in [-0.2, 0) is 14.3 Å². The lowest BCUT2D eigenvalue weighted by Gasteiger charge is -2.30. The minimum atomic E-state index is -1.21. The van der Waals surface area contributed by atoms with Gasteiger partial charge in [0.15, 0.2) is 0 Å². The molecule has 4 aromatic rings. The number of hydrogen-bond donors (Lipinski definition) is 5. The van der Waals surface area contributed by atoms with Gasteiger partial charge in [-0.2, -0.15) is 0 Å². The molecule has 2 aromatic carbocycles. The van der Waals surface area contributed by atoms with Gasteiger partial charge in [0.05, 0.1) is 42.5 Å². The van der Waals surface area contributed by atoms with Crippen LogP contribution < -0.4 is 10.6 Å². The number of nitrogens with one attached hydrogen (secondary N) is 4. The van der Waals surface area contributed by atoms with E-state index in [1.807, 2.05) is 56.9 Å². The summed E-state index contributed by atoms with van der Waals surface area (Å²) in [5.74, 6) is 0.703. The molecule has 0 radical (unpaired) electrons. The average molecular weight is 765 g/mol. The molecule has 1 unspecified atom stereocenters. The Kier molecular flexibility index (Phi) is 12.6. The standard InChI is InChI=1S/C42H52N8O6/c1-6-7-22-56-42(55)48-36(26(4)5)40(52)50-21-9-11-34(50)38-44-24-32(46-38)30-18-14-28(15-19-30)27-12-16-29(17-13-27)31-23-43-37(45-31)33-10-8-20-49(33)39(51)35(25(2)3)47-41(53)54/h6,12-19,23-26,33-36,47H,1,7-11,20-22H2,2-5H3,(H,43,45)(H,44,46)(H,48,55)(H,53,54)/t33-,34?,35-,36-/m0/s1. The number of H-pyrrole nitrogens is 2. The number of carboxylic acid groups (broad SMARTS) is 1. The van der Waals surface area contributed by atoms with Gasteiger partial charge in [0, 0.05) is 13.1 Å². The van der Waals surface area contributed by atoms with Crippen molar-refractivity contribution in [1.29, 1.82) is 0 Å². The number of benzene rings is 2. The van der Waals surface area contributed by atoms with Gasteiger partial charge in [-0.3, -0.25) is 9.59 Å². The molecular weight excluding hydrogens is 713 g/mol. The quantitative estimate of drug-likeness (QED) is 0.0666. The van der Waals surface area contributed by atoms with Crippen molar-refractivity contribution in [1.82, 2.24) is 40.4 Å². The number of rotatable bonds is 14. The third kappa shape index (κ3) is 8.96. The summed E-state index contributed by atoms with van der Waals surface area (Å²) >= 11 is 0. The van der Waals surface area contributed by atoms with Crippen LogP contribution in [0.5, 0.6) is 0 Å². The van der Waals surface area contributed by atoms with Gasteiger partial charge in [-0.15, -0.1) is 6.58 Å². The lowest BCUT2D eigenvalue weighted by molar-refractivity contribution is -0.136. The highest BCUT2D eigenvalue weighted by molar-refractivity contribution is 5.87. The fourth-order valence-electron chi connectivity index (χ4n) is 7.54. The molecule has 5 N–H and O–H groups in total. The van der Waals surface area contributed by atoms with Crippen LogP contribution in [0, 0.1) is 11.8 Å². The third-order valence-electron chi connectivity index (χ3n) is 10.6. The van der Waals surface area contributed by atoms with Gasteiger partial charge in [0.1, 0.15) is 23.7 Å². The maximum atomic E-state index is 13.7. The first-order valence-corrected chi connectivity index (χ1v) is 19.4. The third-order valence-corrected chi connectivity index (χ3v) is 10.6. The Bertz CT molecular complexity index is 2000. The average Bonchev–Trinajstić information content (AvgIpc) is 4.02. The van der Waals surface area contributed by atoms with E-state index < -0.39 is 24.3 Å². The summed E-state index contributed by atoms with van der Waals surface area (Å²) in [6.45, 7) is 12.4. The number of ether oxygens (including phenoxy) is 1. The summed E-state index contributed by atoms with van der Waals surface area (Å²) in [4.78, 5) is 70.5. The van der Waals surface area contributed by atoms with Crippen molar-refractivity contribution in [2.75, 3.05) is 19.7 Å². The maximum absolute atomic E-state index is 13.7. The second kappa shape index (κ2) is 17.7. The first-order chi connectivity index (χ1) is 26.9. The molecule has 2 aliphatic heterocycles. The molecule has 4 amide bonds. The van der Waals surface area contributed by atoms with E-state index in [9.17, 15) is 24.3 Å². The Hall–Kier alpha value is -5.92. The van der Waals surface area contributed by atoms with Gasteiger partial charge < -0.3 is 40.2 Å². The second-order valence-corrected chi connectivity index (χ2v) is 15.1. The molecule has 0 spiro atoms. The van der Waals surface area contributed by atoms with Crippen LogP contribution in [0.4, 0.5) is 9.59 Å². The van der Waals surface area contributed by atoms with Crippen molar-refractivity contribution < 1.29 is 29.0 Å². The van der Waals surface area contributed by atoms with Crippen LogP contribution in [0.25, 0.3) is 33.6 Å². The molecule has 14 heteroatoms. The highest BCUT2D eigenvalue weighted by Crippen LogP contribution is 2.35. The number of amides is 4. The van der Waals surface area contributed by atoms with E-state index in [1.54, 1.807) is 23.4 Å². The lowest BCUT2D eigenvalue weighted by Crippen LogP contribution is -2.51. The van der Waals surface area contributed by atoms with Crippen molar-refractivity contribution in [3.8, 4) is 33.6 Å². The minimum absolute atomic E-state index is 0.127. The Morgan fingerprint density at radius 3 is 1.61 bits per heavy atom. The highest BCUT2D eigenvalue weighted by Gasteiger charge is 2.39. The van der Waals surface area contributed by atoms with Gasteiger partial charge in [0.25, 0.3) is 0 Å². The predicted octanol–water partition coefficient (Wildman–Crippen LogP) is 7.08. The van der Waals surface area contributed by atoms with E-state index in [-0.39, 0.29) is 42.3 Å². The molecule has 4 atom stereocenters. The zero-order valence-electron chi connectivity index (χ0n) is 32.5. The molecule has 2 aromatic heterocycles. The first kappa shape index (κ1) is 39.8. The lowest BCUT2D eigenvalue weighted by atomic mass is 10.0. The van der Waals surface area contributed by atoms with Crippen molar-refractivity contribution in [3.05, 3.63) is 85.2 Å². The van der Waals surface area contributed by atoms with Gasteiger partial charge in [0.2, 0.25) is 11.8 Å². The summed E-state index contributed by atoms with van der Waals surface area (Å²) < 4.78 is 5.21. The monoisotopic (exact) mass is 764 g/mol. The van der Waals surface area contributed by atoms with E-state index in [1.165, 1.54) is 0 Å². The molecule has 14 nitrogen and oxygen atoms in total. The summed E-state index contributed by atoms with van der Waals surface area (Å²) in [6, 6.07) is 14.4. The molecule has 4 heterocycles. The Morgan fingerprint density at radius 2 is 1.20 bits per heavy atom. The molecule has 0 saturated carbocycles. The van der Waals surface area contributed by atoms with Gasteiger partial charge >= 0.3 is 12.2 Å².